The van der Waals surface area contributed by atoms with Crippen LogP contribution in [-0.4, -0.2) is 42.4 Å². The van der Waals surface area contributed by atoms with Gasteiger partial charge in [0.15, 0.2) is 11.6 Å². The van der Waals surface area contributed by atoms with E-state index in [0.717, 1.165) is 27.6 Å². The summed E-state index contributed by atoms with van der Waals surface area (Å²) in [6.45, 7) is 2.01. The highest BCUT2D eigenvalue weighted by atomic mass is 31.2. The van der Waals surface area contributed by atoms with Crippen LogP contribution in [-0.2, 0) is 51.3 Å². The van der Waals surface area contributed by atoms with Crippen molar-refractivity contribution in [1.29, 1.82) is 0 Å². The van der Waals surface area contributed by atoms with Gasteiger partial charge in [-0.25, -0.2) is 4.68 Å². The van der Waals surface area contributed by atoms with Crippen LogP contribution in [0, 0.1) is 0 Å². The quantitative estimate of drug-likeness (QED) is 0.0867. The molecule has 0 amide bonds. The Hall–Kier alpha value is -4.70. The Balaban J connectivity index is 1.25. The number of rotatable bonds is 16. The Morgan fingerprint density at radius 2 is 1.31 bits per heavy atom. The van der Waals surface area contributed by atoms with Crippen LogP contribution < -0.4 is 0 Å². The predicted molar refractivity (Wildman–Crippen MR) is 182 cm³/mol. The molecule has 0 radical (unpaired) electrons. The number of aliphatic hydroxyl groups is 1. The van der Waals surface area contributed by atoms with Gasteiger partial charge in [0.1, 0.15) is 11.8 Å². The van der Waals surface area contributed by atoms with Crippen molar-refractivity contribution in [3.8, 4) is 0 Å². The molecule has 2 atom stereocenters. The summed E-state index contributed by atoms with van der Waals surface area (Å²) in [5.41, 5.74) is 4.61. The summed E-state index contributed by atoms with van der Waals surface area (Å²) >= 11 is 0. The third-order valence-corrected chi connectivity index (χ3v) is 9.88. The van der Waals surface area contributed by atoms with Crippen LogP contribution >= 0.6 is 7.60 Å². The van der Waals surface area contributed by atoms with Crippen molar-refractivity contribution < 1.29 is 28.3 Å². The van der Waals surface area contributed by atoms with Gasteiger partial charge in [0, 0.05) is 22.7 Å². The number of nitrogens with zero attached hydrogens (tertiary/aromatic N) is 4. The number of hydrogen-bond acceptors (Lipinski definition) is 8. The molecule has 0 aliphatic carbocycles. The molecular formula is C37H37N4O6P. The van der Waals surface area contributed by atoms with Gasteiger partial charge in [-0.1, -0.05) is 114 Å². The zero-order valence-electron chi connectivity index (χ0n) is 26.5. The van der Waals surface area contributed by atoms with Gasteiger partial charge in [-0.15, -0.1) is 5.10 Å². The van der Waals surface area contributed by atoms with Crippen LogP contribution in [0.2, 0.25) is 0 Å². The number of ketones is 1. The number of ether oxygens (including phenoxy) is 1. The third kappa shape index (κ3) is 8.23. The first-order valence-corrected chi connectivity index (χ1v) is 17.3. The first kappa shape index (κ1) is 33.2. The summed E-state index contributed by atoms with van der Waals surface area (Å²) < 4.78 is 36.1. The Morgan fingerprint density at radius 3 is 1.90 bits per heavy atom. The highest BCUT2D eigenvalue weighted by molar-refractivity contribution is 7.54. The second kappa shape index (κ2) is 15.5. The van der Waals surface area contributed by atoms with Crippen molar-refractivity contribution in [3.63, 3.8) is 0 Å². The van der Waals surface area contributed by atoms with Gasteiger partial charge in [0.05, 0.1) is 39.1 Å². The van der Waals surface area contributed by atoms with Crippen LogP contribution in [0.5, 0.6) is 0 Å². The van der Waals surface area contributed by atoms with E-state index in [2.05, 4.69) is 10.3 Å². The summed E-state index contributed by atoms with van der Waals surface area (Å²) in [6.07, 6.45) is 2.52. The average molecular weight is 665 g/mol. The molecule has 0 saturated carbocycles. The number of carbonyl (C=O) groups excluding carboxylic acids is 1. The van der Waals surface area contributed by atoms with Crippen LogP contribution in [0.25, 0.3) is 10.9 Å². The molecular weight excluding hydrogens is 627 g/mol. The van der Waals surface area contributed by atoms with Crippen LogP contribution in [0.15, 0.2) is 128 Å². The minimum atomic E-state index is -4.20. The van der Waals surface area contributed by atoms with E-state index in [-0.39, 0.29) is 32.1 Å². The summed E-state index contributed by atoms with van der Waals surface area (Å²) in [7, 11) is -4.20. The largest absolute Gasteiger partial charge is 0.378 e. The van der Waals surface area contributed by atoms with Gasteiger partial charge in [-0.2, -0.15) is 0 Å². The van der Waals surface area contributed by atoms with Crippen molar-refractivity contribution in [2.75, 3.05) is 0 Å². The van der Waals surface area contributed by atoms with Crippen molar-refractivity contribution >= 4 is 24.3 Å². The first-order chi connectivity index (χ1) is 23.4. The number of benzene rings is 4. The highest BCUT2D eigenvalue weighted by Gasteiger charge is 2.42. The SMILES string of the molecule is CC(=O)c1cn(Cc2cn(C[C@H](OCc3ccccc3)[C@H](O)P(=O)(OCc3ccccc3)OCc3ccccc3)nn2)c2ccccc12. The molecule has 4 aromatic carbocycles. The number of aromatic nitrogens is 4. The zero-order valence-corrected chi connectivity index (χ0v) is 27.4. The lowest BCUT2D eigenvalue weighted by atomic mass is 10.1. The van der Waals surface area contributed by atoms with Crippen molar-refractivity contribution in [2.45, 2.75) is 51.8 Å². The zero-order chi connectivity index (χ0) is 33.3. The van der Waals surface area contributed by atoms with E-state index in [1.165, 1.54) is 0 Å². The van der Waals surface area contributed by atoms with Crippen LogP contribution in [0.3, 0.4) is 0 Å². The molecule has 0 unspecified atom stereocenters. The monoisotopic (exact) mass is 664 g/mol. The molecule has 1 N–H and O–H groups in total. The van der Waals surface area contributed by atoms with Crippen LogP contribution in [0.4, 0.5) is 0 Å². The average Bonchev–Trinajstić information content (AvgIpc) is 3.73. The van der Waals surface area contributed by atoms with E-state index in [9.17, 15) is 14.5 Å². The Morgan fingerprint density at radius 1 is 0.771 bits per heavy atom. The van der Waals surface area contributed by atoms with Gasteiger partial charge < -0.3 is 23.5 Å². The molecule has 0 saturated heterocycles. The molecule has 11 heteroatoms. The molecule has 0 bridgehead atoms. The molecule has 10 nitrogen and oxygen atoms in total. The molecule has 246 valence electrons. The fraction of sp³-hybridized carbons (Fsp3) is 0.216. The Kier molecular flexibility index (Phi) is 10.7. The van der Waals surface area contributed by atoms with Crippen molar-refractivity contribution in [3.05, 3.63) is 156 Å². The van der Waals surface area contributed by atoms with E-state index in [1.807, 2.05) is 126 Å². The lowest BCUT2D eigenvalue weighted by Gasteiger charge is -2.29. The maximum absolute atomic E-state index is 14.5. The van der Waals surface area contributed by atoms with E-state index in [0.29, 0.717) is 17.8 Å². The molecule has 0 fully saturated rings. The third-order valence-electron chi connectivity index (χ3n) is 7.92. The second-order valence-corrected chi connectivity index (χ2v) is 13.6. The lowest BCUT2D eigenvalue weighted by molar-refractivity contribution is -0.0384. The molecule has 2 heterocycles. The Labute approximate surface area is 279 Å². The number of fused-ring (bicyclic) bond motifs is 1. The van der Waals surface area contributed by atoms with E-state index in [1.54, 1.807) is 17.8 Å². The summed E-state index contributed by atoms with van der Waals surface area (Å²) in [6, 6.07) is 35.8. The summed E-state index contributed by atoms with van der Waals surface area (Å²) in [4.78, 5) is 12.3. The molecule has 48 heavy (non-hydrogen) atoms. The second-order valence-electron chi connectivity index (χ2n) is 11.5. The fourth-order valence-electron chi connectivity index (χ4n) is 5.40. The molecule has 2 aromatic heterocycles. The van der Waals surface area contributed by atoms with Crippen molar-refractivity contribution in [1.82, 2.24) is 19.6 Å². The highest BCUT2D eigenvalue weighted by Crippen LogP contribution is 2.55. The maximum atomic E-state index is 14.5. The van der Waals surface area contributed by atoms with Gasteiger partial charge in [-0.05, 0) is 29.7 Å². The topological polar surface area (TPSA) is 118 Å². The van der Waals surface area contributed by atoms with Crippen LogP contribution in [0.1, 0.15) is 39.7 Å². The summed E-state index contributed by atoms with van der Waals surface area (Å²) in [5, 5.41) is 21.3. The molecule has 0 aliphatic rings. The van der Waals surface area contributed by atoms with Gasteiger partial charge in [0.2, 0.25) is 0 Å². The Bertz CT molecular complexity index is 1930. The van der Waals surface area contributed by atoms with Gasteiger partial charge >= 0.3 is 7.60 Å². The van der Waals surface area contributed by atoms with E-state index >= 15 is 0 Å². The molecule has 6 aromatic rings. The standard InChI is InChI=1S/C37H37N4O6P/c1-28(42)34-23-40(35-20-12-11-19-33(34)35)21-32-22-41(39-38-32)24-36(45-25-29-13-5-2-6-14-29)37(43)48(44,46-26-30-15-7-3-8-16-30)47-27-31-17-9-4-10-18-31/h2-20,22-23,36-37,43H,21,24-27H2,1H3/t36-,37+/m0/s1. The van der Waals surface area contributed by atoms with Gasteiger partial charge in [0.25, 0.3) is 0 Å². The lowest BCUT2D eigenvalue weighted by Crippen LogP contribution is -2.34. The molecule has 0 spiro atoms. The minimum absolute atomic E-state index is 0.0134. The van der Waals surface area contributed by atoms with Gasteiger partial charge in [-0.3, -0.25) is 9.36 Å². The number of carbonyl (C=O) groups is 1. The van der Waals surface area contributed by atoms with E-state index in [4.69, 9.17) is 13.8 Å². The minimum Gasteiger partial charge on any atom is -0.378 e. The predicted octanol–water partition coefficient (Wildman–Crippen LogP) is 7.01. The number of Topliss-reactive ketones (excluding diaryl/α,β-unsaturated/α-hetero) is 1. The van der Waals surface area contributed by atoms with Crippen molar-refractivity contribution in [2.24, 2.45) is 0 Å². The maximum Gasteiger partial charge on any atom is 0.362 e. The number of para-hydroxylation sites is 1. The molecule has 6 rings (SSSR count). The normalized spacial score (nSPS) is 13.0. The fourth-order valence-corrected chi connectivity index (χ4v) is 7.02. The first-order valence-electron chi connectivity index (χ1n) is 15.7. The number of aliphatic hydroxyl groups excluding tert-OH is 1. The summed E-state index contributed by atoms with van der Waals surface area (Å²) in [5.74, 6) is -1.68. The molecule has 0 aliphatic heterocycles. The smallest absolute Gasteiger partial charge is 0.362 e. The van der Waals surface area contributed by atoms with E-state index < -0.39 is 19.5 Å². The number of hydrogen-bond donors (Lipinski definition) is 1.